The zero-order valence-electron chi connectivity index (χ0n) is 12.7. The van der Waals surface area contributed by atoms with E-state index in [1.54, 1.807) is 0 Å². The van der Waals surface area contributed by atoms with Crippen molar-refractivity contribution < 1.29 is 4.79 Å². The largest absolute Gasteiger partial charge is 0.326 e. The summed E-state index contributed by atoms with van der Waals surface area (Å²) in [5, 5.41) is 6.27. The first-order valence-corrected chi connectivity index (χ1v) is 7.07. The molecule has 0 fully saturated rings. The maximum atomic E-state index is 11.1. The van der Waals surface area contributed by atoms with E-state index >= 15 is 0 Å². The van der Waals surface area contributed by atoms with Crippen molar-refractivity contribution in [1.29, 1.82) is 0 Å². The first kappa shape index (κ1) is 15.2. The van der Waals surface area contributed by atoms with Gasteiger partial charge in [0.1, 0.15) is 0 Å². The van der Waals surface area contributed by atoms with Crippen LogP contribution in [0.3, 0.4) is 0 Å². The van der Waals surface area contributed by atoms with Gasteiger partial charge in [0.25, 0.3) is 0 Å². The van der Waals surface area contributed by atoms with Gasteiger partial charge in [0.2, 0.25) is 5.91 Å². The number of hydrogen-bond donors (Lipinski definition) is 2. The fraction of sp³-hybridized carbons (Fsp3) is 0.294. The van der Waals surface area contributed by atoms with E-state index in [4.69, 9.17) is 0 Å². The summed E-state index contributed by atoms with van der Waals surface area (Å²) < 4.78 is 0. The Labute approximate surface area is 125 Å². The summed E-state index contributed by atoms with van der Waals surface area (Å²) in [6.07, 6.45) is 1.81. The molecule has 110 valence electrons. The summed E-state index contributed by atoms with van der Waals surface area (Å²) in [6.45, 7) is 6.40. The normalized spacial score (nSPS) is 12.0. The summed E-state index contributed by atoms with van der Waals surface area (Å²) in [5.41, 5.74) is 4.20. The molecule has 21 heavy (non-hydrogen) atoms. The van der Waals surface area contributed by atoms with Crippen LogP contribution < -0.4 is 10.6 Å². The number of hydrogen-bond acceptors (Lipinski definition) is 3. The lowest BCUT2D eigenvalue weighted by molar-refractivity contribution is -0.114. The van der Waals surface area contributed by atoms with Crippen LogP contribution in [0.2, 0.25) is 0 Å². The fourth-order valence-electron chi connectivity index (χ4n) is 2.16. The van der Waals surface area contributed by atoms with E-state index in [9.17, 15) is 4.79 Å². The van der Waals surface area contributed by atoms with Crippen molar-refractivity contribution >= 4 is 11.6 Å². The highest BCUT2D eigenvalue weighted by Crippen LogP contribution is 2.18. The molecule has 0 aliphatic carbocycles. The number of benzene rings is 1. The highest BCUT2D eigenvalue weighted by Gasteiger charge is 2.07. The van der Waals surface area contributed by atoms with Crippen LogP contribution in [-0.4, -0.2) is 10.9 Å². The van der Waals surface area contributed by atoms with Gasteiger partial charge in [0, 0.05) is 31.4 Å². The van der Waals surface area contributed by atoms with Crippen LogP contribution in [0.25, 0.3) is 0 Å². The number of rotatable bonds is 5. The van der Waals surface area contributed by atoms with Gasteiger partial charge in [-0.2, -0.15) is 0 Å². The number of nitrogens with zero attached hydrogens (tertiary/aromatic N) is 1. The third-order valence-electron chi connectivity index (χ3n) is 3.40. The number of carbonyl (C=O) groups is 1. The van der Waals surface area contributed by atoms with Gasteiger partial charge in [-0.15, -0.1) is 0 Å². The van der Waals surface area contributed by atoms with E-state index < -0.39 is 0 Å². The highest BCUT2D eigenvalue weighted by molar-refractivity contribution is 5.88. The zero-order valence-corrected chi connectivity index (χ0v) is 12.7. The molecular weight excluding hydrogens is 262 g/mol. The van der Waals surface area contributed by atoms with Crippen molar-refractivity contribution in [2.24, 2.45) is 0 Å². The first-order valence-electron chi connectivity index (χ1n) is 7.07. The Kier molecular flexibility index (Phi) is 5.06. The topological polar surface area (TPSA) is 54.0 Å². The van der Waals surface area contributed by atoms with Gasteiger partial charge in [-0.3, -0.25) is 9.78 Å². The molecule has 2 aromatic rings. The molecule has 0 spiro atoms. The van der Waals surface area contributed by atoms with Crippen molar-refractivity contribution in [3.05, 3.63) is 59.4 Å². The monoisotopic (exact) mass is 283 g/mol. The van der Waals surface area contributed by atoms with E-state index in [-0.39, 0.29) is 11.9 Å². The third kappa shape index (κ3) is 4.39. The maximum Gasteiger partial charge on any atom is 0.221 e. The molecule has 0 bridgehead atoms. The van der Waals surface area contributed by atoms with E-state index in [0.29, 0.717) is 0 Å². The second-order valence-corrected chi connectivity index (χ2v) is 5.18. The first-order chi connectivity index (χ1) is 10.1. The lowest BCUT2D eigenvalue weighted by Crippen LogP contribution is -2.19. The van der Waals surface area contributed by atoms with Crippen molar-refractivity contribution in [2.75, 3.05) is 5.32 Å². The molecule has 1 unspecified atom stereocenters. The minimum absolute atomic E-state index is 0.0585. The van der Waals surface area contributed by atoms with Crippen molar-refractivity contribution in [1.82, 2.24) is 10.3 Å². The smallest absolute Gasteiger partial charge is 0.221 e. The fourth-order valence-corrected chi connectivity index (χ4v) is 2.16. The molecule has 4 nitrogen and oxygen atoms in total. The molecule has 2 rings (SSSR count). The zero-order chi connectivity index (χ0) is 15.2. The Morgan fingerprint density at radius 3 is 2.81 bits per heavy atom. The molecular formula is C17H21N3O. The van der Waals surface area contributed by atoms with Crippen LogP contribution in [0.5, 0.6) is 0 Å². The van der Waals surface area contributed by atoms with Gasteiger partial charge < -0.3 is 10.6 Å². The van der Waals surface area contributed by atoms with E-state index in [2.05, 4.69) is 35.5 Å². The van der Waals surface area contributed by atoms with Crippen LogP contribution in [0.1, 0.15) is 36.7 Å². The molecule has 1 aromatic carbocycles. The summed E-state index contributed by atoms with van der Waals surface area (Å²) in [7, 11) is 0. The quantitative estimate of drug-likeness (QED) is 0.886. The molecule has 0 aliphatic rings. The van der Waals surface area contributed by atoms with Crippen LogP contribution >= 0.6 is 0 Å². The molecule has 1 atom stereocenters. The molecule has 1 amide bonds. The standard InChI is InChI=1S/C17H21N3O/c1-12-6-5-9-18-17(12)11-19-13(2)15-7-4-8-16(10-15)20-14(3)21/h4-10,13,19H,11H2,1-3H3,(H,20,21). The number of pyridine rings is 1. The van der Waals surface area contributed by atoms with Crippen molar-refractivity contribution in [3.63, 3.8) is 0 Å². The lowest BCUT2D eigenvalue weighted by atomic mass is 10.1. The minimum Gasteiger partial charge on any atom is -0.326 e. The maximum absolute atomic E-state index is 11.1. The van der Waals surface area contributed by atoms with Crippen LogP contribution in [0.4, 0.5) is 5.69 Å². The summed E-state index contributed by atoms with van der Waals surface area (Å²) in [6, 6.07) is 12.1. The highest BCUT2D eigenvalue weighted by atomic mass is 16.1. The Hall–Kier alpha value is -2.20. The SMILES string of the molecule is CC(=O)Nc1cccc(C(C)NCc2ncccc2C)c1. The number of anilines is 1. The molecule has 0 radical (unpaired) electrons. The summed E-state index contributed by atoms with van der Waals surface area (Å²) in [4.78, 5) is 15.5. The Balaban J connectivity index is 2.01. The van der Waals surface area contributed by atoms with Crippen LogP contribution in [0.15, 0.2) is 42.6 Å². The summed E-state index contributed by atoms with van der Waals surface area (Å²) >= 11 is 0. The Morgan fingerprint density at radius 1 is 1.29 bits per heavy atom. The van der Waals surface area contributed by atoms with Crippen LogP contribution in [0, 0.1) is 6.92 Å². The second-order valence-electron chi connectivity index (χ2n) is 5.18. The number of aryl methyl sites for hydroxylation is 1. The Bertz CT molecular complexity index is 625. The minimum atomic E-state index is -0.0585. The predicted octanol–water partition coefficient (Wildman–Crippen LogP) is 3.20. The molecule has 2 N–H and O–H groups in total. The van der Waals surface area contributed by atoms with Gasteiger partial charge in [0.05, 0.1) is 5.69 Å². The molecule has 1 aromatic heterocycles. The summed E-state index contributed by atoms with van der Waals surface area (Å²) in [5.74, 6) is -0.0585. The molecule has 1 heterocycles. The van der Waals surface area contributed by atoms with Crippen LogP contribution in [-0.2, 0) is 11.3 Å². The predicted molar refractivity (Wildman–Crippen MR) is 85.0 cm³/mol. The number of nitrogens with one attached hydrogen (secondary N) is 2. The van der Waals surface area contributed by atoms with E-state index in [1.165, 1.54) is 12.5 Å². The number of aromatic nitrogens is 1. The average molecular weight is 283 g/mol. The third-order valence-corrected chi connectivity index (χ3v) is 3.40. The lowest BCUT2D eigenvalue weighted by Gasteiger charge is -2.16. The molecule has 0 aliphatic heterocycles. The van der Waals surface area contributed by atoms with E-state index in [0.717, 1.165) is 23.5 Å². The number of amides is 1. The van der Waals surface area contributed by atoms with Crippen molar-refractivity contribution in [2.45, 2.75) is 33.4 Å². The number of carbonyl (C=O) groups excluding carboxylic acids is 1. The Morgan fingerprint density at radius 2 is 2.10 bits per heavy atom. The van der Waals surface area contributed by atoms with Gasteiger partial charge in [-0.1, -0.05) is 18.2 Å². The second kappa shape index (κ2) is 6.99. The average Bonchev–Trinajstić information content (AvgIpc) is 2.45. The van der Waals surface area contributed by atoms with Gasteiger partial charge in [-0.05, 0) is 43.2 Å². The van der Waals surface area contributed by atoms with Gasteiger partial charge >= 0.3 is 0 Å². The van der Waals surface area contributed by atoms with Gasteiger partial charge in [0.15, 0.2) is 0 Å². The van der Waals surface area contributed by atoms with E-state index in [1.807, 2.05) is 36.5 Å². The van der Waals surface area contributed by atoms with Crippen molar-refractivity contribution in [3.8, 4) is 0 Å². The van der Waals surface area contributed by atoms with Gasteiger partial charge in [-0.25, -0.2) is 0 Å². The molecule has 0 saturated carbocycles. The molecule has 0 saturated heterocycles. The molecule has 4 heteroatoms.